The van der Waals surface area contributed by atoms with E-state index in [2.05, 4.69) is 25.0 Å². The van der Waals surface area contributed by atoms with Gasteiger partial charge in [0.2, 0.25) is 0 Å². The SMILES string of the molecule is NC1=N[C@@]2(c3nc(NC(=O)c4ncc(OC(F)F)cc4Cl)cs3)COC3(CCC3)C[C@H]2CO1. The highest BCUT2D eigenvalue weighted by molar-refractivity contribution is 7.10. The normalized spacial score (nSPS) is 25.6. The number of fused-ring (bicyclic) bond motifs is 1. The summed E-state index contributed by atoms with van der Waals surface area (Å²) in [4.78, 5) is 25.7. The molecule has 1 saturated heterocycles. The molecule has 3 N–H and O–H groups in total. The zero-order chi connectivity index (χ0) is 23.2. The summed E-state index contributed by atoms with van der Waals surface area (Å²) in [7, 11) is 0. The number of ether oxygens (including phenoxy) is 3. The van der Waals surface area contributed by atoms with E-state index in [4.69, 9.17) is 26.8 Å². The number of aromatic nitrogens is 2. The lowest BCUT2D eigenvalue weighted by molar-refractivity contribution is -0.182. The molecule has 2 aliphatic heterocycles. The number of carbonyl (C=O) groups excluding carboxylic acids is 1. The molecule has 0 aromatic carbocycles. The first-order valence-electron chi connectivity index (χ1n) is 10.3. The number of aliphatic imine (C=N–C) groups is 1. The van der Waals surface area contributed by atoms with Gasteiger partial charge in [-0.3, -0.25) is 4.79 Å². The molecule has 0 bridgehead atoms. The summed E-state index contributed by atoms with van der Waals surface area (Å²) in [5.41, 5.74) is 4.86. The molecular weight excluding hydrogens is 480 g/mol. The van der Waals surface area contributed by atoms with Crippen LogP contribution in [0.4, 0.5) is 14.6 Å². The molecule has 1 amide bonds. The Bertz CT molecular complexity index is 1110. The molecule has 2 fully saturated rings. The highest BCUT2D eigenvalue weighted by Crippen LogP contribution is 2.53. The summed E-state index contributed by atoms with van der Waals surface area (Å²) in [6.07, 6.45) is 4.99. The molecule has 4 heterocycles. The van der Waals surface area contributed by atoms with Gasteiger partial charge in [0.05, 0.1) is 30.0 Å². The second kappa shape index (κ2) is 8.33. The zero-order valence-electron chi connectivity index (χ0n) is 17.2. The quantitative estimate of drug-likeness (QED) is 0.645. The van der Waals surface area contributed by atoms with Crippen LogP contribution in [0.1, 0.15) is 41.2 Å². The largest absolute Gasteiger partial charge is 0.465 e. The Morgan fingerprint density at radius 3 is 2.94 bits per heavy atom. The fourth-order valence-corrected chi connectivity index (χ4v) is 5.66. The number of thiazole rings is 1. The molecule has 176 valence electrons. The highest BCUT2D eigenvalue weighted by Gasteiger charge is 2.56. The van der Waals surface area contributed by atoms with Crippen LogP contribution in [-0.2, 0) is 15.0 Å². The lowest BCUT2D eigenvalue weighted by Gasteiger charge is -2.53. The van der Waals surface area contributed by atoms with Crippen molar-refractivity contribution in [2.75, 3.05) is 18.5 Å². The van der Waals surface area contributed by atoms with Crippen molar-refractivity contribution in [2.24, 2.45) is 16.6 Å². The Balaban J connectivity index is 1.35. The van der Waals surface area contributed by atoms with E-state index in [1.165, 1.54) is 11.3 Å². The summed E-state index contributed by atoms with van der Waals surface area (Å²) >= 11 is 7.36. The van der Waals surface area contributed by atoms with Gasteiger partial charge in [0.1, 0.15) is 27.8 Å². The molecule has 1 spiro atoms. The summed E-state index contributed by atoms with van der Waals surface area (Å²) in [5.74, 6) is -0.558. The third-order valence-electron chi connectivity index (χ3n) is 6.27. The third-order valence-corrected chi connectivity index (χ3v) is 7.57. The molecule has 1 saturated carbocycles. The highest BCUT2D eigenvalue weighted by atomic mass is 35.5. The molecule has 0 unspecified atom stereocenters. The van der Waals surface area contributed by atoms with E-state index < -0.39 is 18.1 Å². The molecule has 13 heteroatoms. The average molecular weight is 500 g/mol. The standard InChI is InChI=1S/C20H20ClF2N5O4S/c21-12-4-11(32-17(22)23)6-25-14(12)15(29)26-13-8-33-16(27-13)20-9-31-19(2-1-3-19)5-10(20)7-30-18(24)28-20/h4,6,8,10,17H,1-3,5,7,9H2,(H2,24,28)(H,26,29)/t10-,20-/m0/s1. The third kappa shape index (κ3) is 4.11. The number of nitrogens with two attached hydrogens (primary N) is 1. The van der Waals surface area contributed by atoms with Gasteiger partial charge < -0.3 is 25.3 Å². The molecule has 9 nitrogen and oxygen atoms in total. The van der Waals surface area contributed by atoms with Crippen LogP contribution in [0.5, 0.6) is 5.75 Å². The first kappa shape index (κ1) is 22.2. The molecule has 0 radical (unpaired) electrons. The number of hydrogen-bond acceptors (Lipinski definition) is 9. The minimum atomic E-state index is -3.02. The van der Waals surface area contributed by atoms with Gasteiger partial charge in [-0.1, -0.05) is 11.6 Å². The Labute approximate surface area is 196 Å². The van der Waals surface area contributed by atoms with E-state index in [0.29, 0.717) is 18.2 Å². The van der Waals surface area contributed by atoms with Crippen LogP contribution in [-0.4, -0.2) is 47.3 Å². The molecule has 3 aliphatic rings. The van der Waals surface area contributed by atoms with Crippen LogP contribution in [0.15, 0.2) is 22.6 Å². The molecule has 5 rings (SSSR count). The monoisotopic (exact) mass is 499 g/mol. The Morgan fingerprint density at radius 2 is 2.24 bits per heavy atom. The minimum absolute atomic E-state index is 0.0482. The van der Waals surface area contributed by atoms with Crippen molar-refractivity contribution in [1.82, 2.24) is 9.97 Å². The maximum absolute atomic E-state index is 12.6. The molecular formula is C20H20ClF2N5O4S. The second-order valence-electron chi connectivity index (χ2n) is 8.28. The van der Waals surface area contributed by atoms with Crippen LogP contribution >= 0.6 is 22.9 Å². The van der Waals surface area contributed by atoms with Gasteiger partial charge in [-0.05, 0) is 25.7 Å². The number of amidine groups is 1. The predicted molar refractivity (Wildman–Crippen MR) is 116 cm³/mol. The number of halogens is 3. The number of hydrogen-bond donors (Lipinski definition) is 2. The number of anilines is 1. The summed E-state index contributed by atoms with van der Waals surface area (Å²) in [5, 5.41) is 4.83. The first-order valence-corrected chi connectivity index (χ1v) is 11.5. The van der Waals surface area contributed by atoms with Crippen molar-refractivity contribution in [3.05, 3.63) is 33.4 Å². The molecule has 1 aliphatic carbocycles. The Kier molecular flexibility index (Phi) is 5.61. The van der Waals surface area contributed by atoms with Crippen molar-refractivity contribution in [3.63, 3.8) is 0 Å². The van der Waals surface area contributed by atoms with Gasteiger partial charge in [-0.15, -0.1) is 11.3 Å². The van der Waals surface area contributed by atoms with E-state index >= 15 is 0 Å². The predicted octanol–water partition coefficient (Wildman–Crippen LogP) is 3.54. The first-order chi connectivity index (χ1) is 15.8. The van der Waals surface area contributed by atoms with Gasteiger partial charge in [-0.2, -0.15) is 8.78 Å². The van der Waals surface area contributed by atoms with Crippen LogP contribution in [0.25, 0.3) is 0 Å². The van der Waals surface area contributed by atoms with Crippen LogP contribution in [0, 0.1) is 5.92 Å². The zero-order valence-corrected chi connectivity index (χ0v) is 18.8. The van der Waals surface area contributed by atoms with Crippen molar-refractivity contribution in [1.29, 1.82) is 0 Å². The lowest BCUT2D eigenvalue weighted by Crippen LogP contribution is -2.58. The van der Waals surface area contributed by atoms with Crippen molar-refractivity contribution >= 4 is 40.7 Å². The van der Waals surface area contributed by atoms with Gasteiger partial charge >= 0.3 is 6.61 Å². The molecule has 2 aromatic heterocycles. The maximum atomic E-state index is 12.6. The smallest absolute Gasteiger partial charge is 0.387 e. The lowest BCUT2D eigenvalue weighted by atomic mass is 9.67. The molecule has 2 aromatic rings. The summed E-state index contributed by atoms with van der Waals surface area (Å²) < 4.78 is 40.7. The van der Waals surface area contributed by atoms with Gasteiger partial charge in [0, 0.05) is 17.4 Å². The van der Waals surface area contributed by atoms with Crippen molar-refractivity contribution in [2.45, 2.75) is 43.4 Å². The van der Waals surface area contributed by atoms with Crippen LogP contribution in [0.3, 0.4) is 0 Å². The van der Waals surface area contributed by atoms with Gasteiger partial charge in [-0.25, -0.2) is 15.0 Å². The minimum Gasteiger partial charge on any atom is -0.465 e. The topological polar surface area (TPSA) is 121 Å². The number of nitrogens with one attached hydrogen (secondary N) is 1. The maximum Gasteiger partial charge on any atom is 0.387 e. The van der Waals surface area contributed by atoms with Gasteiger partial charge in [0.15, 0.2) is 0 Å². The number of rotatable bonds is 5. The Morgan fingerprint density at radius 1 is 1.42 bits per heavy atom. The number of pyridine rings is 1. The Hall–Kier alpha value is -2.57. The fourth-order valence-electron chi connectivity index (χ4n) is 4.46. The molecule has 33 heavy (non-hydrogen) atoms. The van der Waals surface area contributed by atoms with Crippen LogP contribution < -0.4 is 15.8 Å². The summed E-state index contributed by atoms with van der Waals surface area (Å²) in [6, 6.07) is 1.18. The fraction of sp³-hybridized carbons (Fsp3) is 0.500. The van der Waals surface area contributed by atoms with Crippen molar-refractivity contribution < 1.29 is 27.8 Å². The summed E-state index contributed by atoms with van der Waals surface area (Å²) in [6.45, 7) is -2.26. The van der Waals surface area contributed by atoms with E-state index in [-0.39, 0.29) is 39.8 Å². The van der Waals surface area contributed by atoms with E-state index in [9.17, 15) is 13.6 Å². The van der Waals surface area contributed by atoms with Crippen molar-refractivity contribution in [3.8, 4) is 5.75 Å². The number of carbonyl (C=O) groups is 1. The molecule has 2 atom stereocenters. The van der Waals surface area contributed by atoms with Crippen LogP contribution in [0.2, 0.25) is 5.02 Å². The van der Waals surface area contributed by atoms with E-state index in [1.807, 2.05) is 0 Å². The van der Waals surface area contributed by atoms with E-state index in [0.717, 1.165) is 37.9 Å². The average Bonchev–Trinajstić information content (AvgIpc) is 3.20. The number of alkyl halides is 2. The number of nitrogens with zero attached hydrogens (tertiary/aromatic N) is 3. The van der Waals surface area contributed by atoms with Gasteiger partial charge in [0.25, 0.3) is 11.9 Å². The number of amides is 1. The van der Waals surface area contributed by atoms with E-state index in [1.54, 1.807) is 5.38 Å². The second-order valence-corrected chi connectivity index (χ2v) is 9.55.